The number of nitrogens with zero attached hydrogens (tertiary/aromatic N) is 4. The lowest BCUT2D eigenvalue weighted by molar-refractivity contribution is -0.172. The molecule has 3 aromatic rings. The Morgan fingerprint density at radius 2 is 1.55 bits per heavy atom. The molecule has 3 aromatic heterocycles. The van der Waals surface area contributed by atoms with Crippen LogP contribution in [0.1, 0.15) is 42.2 Å². The quantitative estimate of drug-likeness (QED) is 0.127. The Kier molecular flexibility index (Phi) is 8.00. The lowest BCUT2D eigenvalue weighted by atomic mass is 9.91. The van der Waals surface area contributed by atoms with Crippen molar-refractivity contribution >= 4 is 58.1 Å². The van der Waals surface area contributed by atoms with E-state index in [2.05, 4.69) is 37.4 Å². The van der Waals surface area contributed by atoms with E-state index in [0.29, 0.717) is 15.9 Å². The van der Waals surface area contributed by atoms with Crippen LogP contribution in [0.4, 0.5) is 23.4 Å². The lowest BCUT2D eigenvalue weighted by Crippen LogP contribution is -2.43. The van der Waals surface area contributed by atoms with Crippen molar-refractivity contribution in [3.63, 3.8) is 0 Å². The maximum absolute atomic E-state index is 14.8. The Labute approximate surface area is 276 Å². The van der Waals surface area contributed by atoms with Gasteiger partial charge < -0.3 is 30.3 Å². The molecule has 0 radical (unpaired) electrons. The summed E-state index contributed by atoms with van der Waals surface area (Å²) in [6.45, 7) is 0. The molecule has 0 aliphatic heterocycles. The Balaban J connectivity index is 1.54. The number of rotatable bonds is 11. The third kappa shape index (κ3) is 5.19. The largest absolute Gasteiger partial charge is 0.481 e. The second-order valence-electron chi connectivity index (χ2n) is 11.4. The molecule has 15 nitrogen and oxygen atoms in total. The van der Waals surface area contributed by atoms with E-state index in [-0.39, 0.29) is 22.0 Å². The summed E-state index contributed by atoms with van der Waals surface area (Å²) in [5.41, 5.74) is -4.42. The number of amides is 1. The van der Waals surface area contributed by atoms with Gasteiger partial charge in [-0.05, 0) is 24.0 Å². The van der Waals surface area contributed by atoms with Crippen LogP contribution in [-0.4, -0.2) is 85.8 Å². The number of esters is 2. The number of thiophene rings is 1. The number of ether oxygens (including phenoxy) is 2. The van der Waals surface area contributed by atoms with Gasteiger partial charge in [0.05, 0.1) is 36.1 Å². The molecular formula is C29H24F4N6O9S. The Bertz CT molecular complexity index is 1990. The van der Waals surface area contributed by atoms with E-state index in [1.807, 2.05) is 0 Å². The molecule has 49 heavy (non-hydrogen) atoms. The average molecular weight is 709 g/mol. The maximum atomic E-state index is 14.8. The highest BCUT2D eigenvalue weighted by atomic mass is 32.1. The van der Waals surface area contributed by atoms with Crippen molar-refractivity contribution in [1.82, 2.24) is 24.8 Å². The molecule has 0 saturated heterocycles. The molecule has 4 saturated carbocycles. The second kappa shape index (κ2) is 11.7. The number of hydrogen-bond donors (Lipinski definition) is 4. The number of anilines is 1. The molecule has 4 fully saturated rings. The first-order valence-corrected chi connectivity index (χ1v) is 15.3. The van der Waals surface area contributed by atoms with Gasteiger partial charge in [0.2, 0.25) is 17.6 Å². The first kappa shape index (κ1) is 33.6. The zero-order valence-corrected chi connectivity index (χ0v) is 26.1. The van der Waals surface area contributed by atoms with E-state index < -0.39 is 113 Å². The molecule has 20 heteroatoms. The topological polar surface area (TPSA) is 212 Å². The fourth-order valence-corrected chi connectivity index (χ4v) is 7.67. The number of alkyl halides is 3. The molecule has 3 heterocycles. The molecule has 4 atom stereocenters. The van der Waals surface area contributed by atoms with Gasteiger partial charge in [-0.15, -0.1) is 0 Å². The van der Waals surface area contributed by atoms with Crippen LogP contribution < -0.4 is 10.6 Å². The zero-order chi connectivity index (χ0) is 35.6. The van der Waals surface area contributed by atoms with Crippen LogP contribution in [-0.2, 0) is 45.2 Å². The summed E-state index contributed by atoms with van der Waals surface area (Å²) in [5, 5.41) is 22.6. The molecule has 0 aromatic carbocycles. The number of aliphatic carboxylic acids is 2. The first-order chi connectivity index (χ1) is 23.1. The summed E-state index contributed by atoms with van der Waals surface area (Å²) < 4.78 is 69.9. The van der Waals surface area contributed by atoms with Crippen LogP contribution in [0.3, 0.4) is 0 Å². The summed E-state index contributed by atoms with van der Waals surface area (Å²) >= 11 is 0.712. The van der Waals surface area contributed by atoms with E-state index in [0.717, 1.165) is 0 Å². The monoisotopic (exact) mass is 708 g/mol. The number of nitrogens with one attached hydrogen (secondary N) is 2. The molecule has 7 rings (SSSR count). The van der Waals surface area contributed by atoms with E-state index in [4.69, 9.17) is 19.7 Å². The highest BCUT2D eigenvalue weighted by Crippen LogP contribution is 2.95. The van der Waals surface area contributed by atoms with Gasteiger partial charge in [-0.1, -0.05) is 11.3 Å². The van der Waals surface area contributed by atoms with Gasteiger partial charge in [0.1, 0.15) is 5.41 Å². The molecule has 2 bridgehead atoms. The summed E-state index contributed by atoms with van der Waals surface area (Å²) in [4.78, 5) is 73.9. The van der Waals surface area contributed by atoms with Crippen molar-refractivity contribution in [2.24, 2.45) is 17.3 Å². The zero-order valence-electron chi connectivity index (χ0n) is 25.3. The Morgan fingerprint density at radius 1 is 0.939 bits per heavy atom. The van der Waals surface area contributed by atoms with E-state index >= 15 is 0 Å². The highest BCUT2D eigenvalue weighted by molar-refractivity contribution is 7.10. The number of imidazole rings is 1. The Morgan fingerprint density at radius 3 is 2.06 bits per heavy atom. The lowest BCUT2D eigenvalue weighted by Gasteiger charge is -2.29. The average Bonchev–Trinajstić information content (AvgIpc) is 3.68. The van der Waals surface area contributed by atoms with Crippen molar-refractivity contribution in [2.75, 3.05) is 19.4 Å². The highest BCUT2D eigenvalue weighted by Gasteiger charge is 3.08. The van der Waals surface area contributed by atoms with Gasteiger partial charge in [-0.2, -0.15) is 17.6 Å². The fraction of sp³-hybridized carbons (Fsp3) is 0.448. The van der Waals surface area contributed by atoms with E-state index in [1.54, 1.807) is 0 Å². The van der Waals surface area contributed by atoms with Crippen LogP contribution >= 0.6 is 11.3 Å². The molecule has 4 aliphatic carbocycles. The van der Waals surface area contributed by atoms with Gasteiger partial charge >= 0.3 is 30.1 Å². The summed E-state index contributed by atoms with van der Waals surface area (Å²) in [7, 11) is 2.61. The number of carboxylic acids is 2. The number of carbonyl (C=O) groups is 5. The van der Waals surface area contributed by atoms with Crippen molar-refractivity contribution < 1.29 is 61.2 Å². The summed E-state index contributed by atoms with van der Waals surface area (Å²) in [6.07, 6.45) is -11.4. The predicted molar refractivity (Wildman–Crippen MR) is 155 cm³/mol. The van der Waals surface area contributed by atoms with Crippen molar-refractivity contribution in [1.29, 1.82) is 0 Å². The number of carbonyl (C=O) groups excluding carboxylic acids is 3. The predicted octanol–water partition coefficient (Wildman–Crippen LogP) is 1.74. The second-order valence-corrected chi connectivity index (χ2v) is 12.4. The molecule has 4 N–H and O–H groups in total. The number of aromatic nitrogens is 4. The standard InChI is InChI=1S/C29H24F4N6O9S/c1-34-23-18-24(37-13(36-23)6-4-11-3-5-12(30)49-11)39(25(38-18)29(31,32)33)28-19-20(28)27(19,26(46)35-2)21(47-16(44)9-7-14(40)41)22(28)48-17(45)10-8-15(42)43/h3,5,19-22H,7-10H2,1-2H3,(H,35,46)(H,40,41)(H,42,43)(H,34,36,37). The van der Waals surface area contributed by atoms with Gasteiger partial charge in [0.15, 0.2) is 34.3 Å². The fourth-order valence-electron chi connectivity index (χ4n) is 7.08. The van der Waals surface area contributed by atoms with Crippen LogP contribution in [0.15, 0.2) is 12.1 Å². The van der Waals surface area contributed by atoms with Crippen molar-refractivity contribution in [3.8, 4) is 11.8 Å². The van der Waals surface area contributed by atoms with E-state index in [9.17, 15) is 41.5 Å². The minimum atomic E-state index is -5.17. The van der Waals surface area contributed by atoms with Gasteiger partial charge in [0.25, 0.3) is 0 Å². The molecule has 0 spiro atoms. The molecule has 258 valence electrons. The normalized spacial score (nSPS) is 25.8. The smallest absolute Gasteiger partial charge is 0.449 e. The summed E-state index contributed by atoms with van der Waals surface area (Å²) in [5.74, 6) is -4.57. The van der Waals surface area contributed by atoms with Crippen molar-refractivity contribution in [2.45, 2.75) is 49.6 Å². The number of fused-ring (bicyclic) bond motifs is 2. The van der Waals surface area contributed by atoms with Crippen LogP contribution in [0.5, 0.6) is 0 Å². The maximum Gasteiger partial charge on any atom is 0.449 e. The number of carboxylic acid groups (broad SMARTS) is 2. The SMILES string of the molecule is CNC(=O)C12C(OC(=O)CCC(=O)O)C(OC(=O)CCC(=O)O)C3(n4c(C(F)(F)F)nc5c(NC)nc(C#Cc6ccc(F)s6)nc54)C1C23. The first-order valence-electron chi connectivity index (χ1n) is 14.5. The van der Waals surface area contributed by atoms with Crippen LogP contribution in [0, 0.1) is 34.2 Å². The number of halogens is 4. The third-order valence-corrected chi connectivity index (χ3v) is 9.61. The van der Waals surface area contributed by atoms with E-state index in [1.165, 1.54) is 26.2 Å². The summed E-state index contributed by atoms with van der Waals surface area (Å²) in [6, 6.07) is 2.55. The minimum Gasteiger partial charge on any atom is -0.481 e. The Hall–Kier alpha value is -5.32. The number of hydrogen-bond acceptors (Lipinski definition) is 12. The van der Waals surface area contributed by atoms with Gasteiger partial charge in [-0.3, -0.25) is 28.5 Å². The van der Waals surface area contributed by atoms with Crippen LogP contribution in [0.25, 0.3) is 11.2 Å². The van der Waals surface area contributed by atoms with Crippen molar-refractivity contribution in [3.05, 3.63) is 33.8 Å². The molecule has 4 unspecified atom stereocenters. The molecular weight excluding hydrogens is 684 g/mol. The molecule has 1 amide bonds. The van der Waals surface area contributed by atoms with Gasteiger partial charge in [0, 0.05) is 25.9 Å². The molecule has 4 aliphatic rings. The minimum absolute atomic E-state index is 0.177. The van der Waals surface area contributed by atoms with Crippen LogP contribution in [0.2, 0.25) is 0 Å². The van der Waals surface area contributed by atoms with Gasteiger partial charge in [-0.25, -0.2) is 15.0 Å². The third-order valence-electron chi connectivity index (χ3n) is 8.82.